The summed E-state index contributed by atoms with van der Waals surface area (Å²) < 4.78 is 37.1. The van der Waals surface area contributed by atoms with Crippen molar-refractivity contribution >= 4 is 155 Å². The molecule has 13 heteroatoms. The van der Waals surface area contributed by atoms with E-state index in [-0.39, 0.29) is 20.6 Å². The van der Waals surface area contributed by atoms with Crippen LogP contribution < -0.4 is 9.47 Å². The average molecular weight is 1590 g/mol. The fourth-order valence-corrected chi connectivity index (χ4v) is 15.9. The van der Waals surface area contributed by atoms with Crippen LogP contribution in [0.1, 0.15) is 53.3 Å². The number of carbonyl (C=O) groups excluding carboxylic acids is 2. The lowest BCUT2D eigenvalue weighted by atomic mass is 9.97. The fraction of sp³-hybridized carbons (Fsp3) is 0.0826. The third-order valence-electron chi connectivity index (χ3n) is 22.0. The topological polar surface area (TPSA) is 158 Å². The maximum Gasteiger partial charge on any atom is 0.338 e. The molecule has 122 heavy (non-hydrogen) atoms. The number of carbonyl (C=O) groups is 2. The second-order valence-electron chi connectivity index (χ2n) is 30.4. The molecule has 0 fully saturated rings. The van der Waals surface area contributed by atoms with E-state index in [4.69, 9.17) is 47.4 Å². The van der Waals surface area contributed by atoms with Gasteiger partial charge in [-0.3, -0.25) is 4.57 Å². The zero-order chi connectivity index (χ0) is 83.1. The molecule has 0 atom stereocenters. The standard InChI is InChI=1S/C33H26N2O3.C27H21NO3.C25H19NO.C23H15NO.CH4/c1-3-30(36)38-21-20-37-25-18-16-24(17-19-25)35-32-29-11-7-5-9-27(29)26-8-4-6-10-28(26)31(32)34-33(35)23-14-12-22(2)13-15-23;1-15(2)27(29)30-19-9-7-18(8-10-19)26-28-24-20-11-5-16(3)13-22(20)23-14-17(4)6-12-21(23)25(24)31-26;1-4-17-7-9-18(10-8-17)25-26-23-19-11-5-15(2)13-21(19)22-14-16(3)6-12-20(22)24(23)27-25;1-2-15-11-13-16(14-12-15)23-24-21-19-9-5-3-7-17(19)18-8-4-6-10-20(18)22(21)25-23;/h3-19H,1,20-21H2,2H3;5-14H,1H2,2-4H3;4-14H,1H2,2-3H3;2-14H,1H2;1H4. The van der Waals surface area contributed by atoms with Gasteiger partial charge in [0.15, 0.2) is 16.7 Å². The Labute approximate surface area is 705 Å². The molecule has 0 N–H and O–H groups in total. The zero-order valence-electron chi connectivity index (χ0n) is 67.7. The molecule has 17 aromatic carbocycles. The van der Waals surface area contributed by atoms with Crippen molar-refractivity contribution in [3.8, 4) is 62.9 Å². The molecule has 0 aliphatic rings. The largest absolute Gasteiger partial charge is 0.490 e. The van der Waals surface area contributed by atoms with Crippen LogP contribution in [0.5, 0.6) is 11.5 Å². The number of rotatable bonds is 14. The van der Waals surface area contributed by atoms with E-state index in [1.165, 1.54) is 65.5 Å². The highest BCUT2D eigenvalue weighted by Gasteiger charge is 2.24. The minimum atomic E-state index is -0.459. The highest BCUT2D eigenvalue weighted by atomic mass is 16.6. The first-order chi connectivity index (χ1) is 59.0. The number of ether oxygens (including phenoxy) is 3. The van der Waals surface area contributed by atoms with Crippen LogP contribution in [0.4, 0.5) is 0 Å². The van der Waals surface area contributed by atoms with Crippen LogP contribution >= 0.6 is 0 Å². The number of hydrogen-bond acceptors (Lipinski definition) is 12. The van der Waals surface area contributed by atoms with Gasteiger partial charge in [0.1, 0.15) is 47.1 Å². The number of benzene rings is 17. The number of hydrogen-bond donors (Lipinski definition) is 0. The number of aryl methyl sites for hydroxylation is 5. The highest BCUT2D eigenvalue weighted by Crippen LogP contribution is 2.44. The Kier molecular flexibility index (Phi) is 21.6. The number of aromatic nitrogens is 5. The van der Waals surface area contributed by atoms with Gasteiger partial charge in [-0.25, -0.2) is 29.5 Å². The summed E-state index contributed by atoms with van der Waals surface area (Å²) in [5.41, 5.74) is 20.6. The smallest absolute Gasteiger partial charge is 0.338 e. The molecule has 0 amide bonds. The number of esters is 2. The molecule has 594 valence electrons. The van der Waals surface area contributed by atoms with Gasteiger partial charge in [0, 0.05) is 82.7 Å². The summed E-state index contributed by atoms with van der Waals surface area (Å²) in [4.78, 5) is 42.8. The lowest BCUT2D eigenvalue weighted by Gasteiger charge is -2.13. The highest BCUT2D eigenvalue weighted by molar-refractivity contribution is 6.27. The van der Waals surface area contributed by atoms with Gasteiger partial charge in [0.2, 0.25) is 17.7 Å². The average Bonchev–Trinajstić information content (AvgIpc) is 1.55. The van der Waals surface area contributed by atoms with Crippen LogP contribution in [-0.2, 0) is 14.3 Å². The number of fused-ring (bicyclic) bond motifs is 24. The predicted octanol–water partition coefficient (Wildman–Crippen LogP) is 28.5. The molecule has 0 radical (unpaired) electrons. The van der Waals surface area contributed by atoms with E-state index in [0.29, 0.717) is 34.7 Å². The number of oxazole rings is 3. The third kappa shape index (κ3) is 15.2. The lowest BCUT2D eigenvalue weighted by molar-refractivity contribution is -0.138. The van der Waals surface area contributed by atoms with Crippen molar-refractivity contribution in [1.29, 1.82) is 0 Å². The van der Waals surface area contributed by atoms with Crippen LogP contribution in [0.15, 0.2) is 342 Å². The van der Waals surface area contributed by atoms with Crippen LogP contribution in [0.2, 0.25) is 0 Å². The van der Waals surface area contributed by atoms with Crippen molar-refractivity contribution in [2.75, 3.05) is 13.2 Å². The molecule has 0 bridgehead atoms. The molecule has 0 spiro atoms. The van der Waals surface area contributed by atoms with Crippen molar-refractivity contribution in [2.45, 2.75) is 49.0 Å². The van der Waals surface area contributed by atoms with Crippen LogP contribution in [0.3, 0.4) is 0 Å². The Bertz CT molecular complexity index is 7490. The molecule has 4 aromatic heterocycles. The summed E-state index contributed by atoms with van der Waals surface area (Å²) in [6, 6.07) is 99.3. The van der Waals surface area contributed by atoms with E-state index >= 15 is 0 Å². The van der Waals surface area contributed by atoms with Crippen molar-refractivity contribution in [2.24, 2.45) is 0 Å². The first-order valence-electron chi connectivity index (χ1n) is 40.0. The minimum absolute atomic E-state index is 0. The van der Waals surface area contributed by atoms with Crippen molar-refractivity contribution in [3.05, 3.63) is 368 Å². The quantitative estimate of drug-likeness (QED) is 0.0334. The van der Waals surface area contributed by atoms with Gasteiger partial charge in [0.05, 0.1) is 11.0 Å². The first-order valence-corrected chi connectivity index (χ1v) is 40.0. The van der Waals surface area contributed by atoms with E-state index in [9.17, 15) is 9.59 Å². The second kappa shape index (κ2) is 33.4. The summed E-state index contributed by atoms with van der Waals surface area (Å²) in [6.07, 6.45) is 4.81. The van der Waals surface area contributed by atoms with Gasteiger partial charge in [-0.1, -0.05) is 292 Å². The molecule has 13 nitrogen and oxygen atoms in total. The van der Waals surface area contributed by atoms with Crippen LogP contribution in [-0.4, -0.2) is 49.7 Å². The predicted molar refractivity (Wildman–Crippen MR) is 503 cm³/mol. The van der Waals surface area contributed by atoms with Crippen LogP contribution in [0, 0.1) is 34.6 Å². The van der Waals surface area contributed by atoms with Gasteiger partial charge in [-0.2, -0.15) is 0 Å². The van der Waals surface area contributed by atoms with Crippen LogP contribution in [0.25, 0.3) is 194 Å². The molecule has 0 saturated heterocycles. The monoisotopic (exact) mass is 1590 g/mol. The Balaban J connectivity index is 0.000000117. The maximum atomic E-state index is 11.7. The van der Waals surface area contributed by atoms with E-state index in [1.807, 2.05) is 109 Å². The maximum absolute atomic E-state index is 11.7. The molecule has 0 unspecified atom stereocenters. The molecule has 21 rings (SSSR count). The van der Waals surface area contributed by atoms with Gasteiger partial charge in [0.25, 0.3) is 0 Å². The molecule has 0 aliphatic carbocycles. The Morgan fingerprint density at radius 1 is 0.361 bits per heavy atom. The Hall–Kier alpha value is -15.6. The second-order valence-corrected chi connectivity index (χ2v) is 30.4. The third-order valence-corrected chi connectivity index (χ3v) is 22.0. The number of imidazole rings is 1. The van der Waals surface area contributed by atoms with Crippen molar-refractivity contribution in [1.82, 2.24) is 24.5 Å². The lowest BCUT2D eigenvalue weighted by Crippen LogP contribution is -2.10. The summed E-state index contributed by atoms with van der Waals surface area (Å²) >= 11 is 0. The first kappa shape index (κ1) is 78.9. The van der Waals surface area contributed by atoms with Gasteiger partial charge in [-0.15, -0.1) is 0 Å². The zero-order valence-corrected chi connectivity index (χ0v) is 67.7. The summed E-state index contributed by atoms with van der Waals surface area (Å²) in [5, 5.41) is 18.4. The van der Waals surface area contributed by atoms with Gasteiger partial charge < -0.3 is 27.5 Å². The van der Waals surface area contributed by atoms with E-state index in [2.05, 4.69) is 247 Å². The Morgan fingerprint density at radius 3 is 1.14 bits per heavy atom. The van der Waals surface area contributed by atoms with Gasteiger partial charge in [-0.05, 0) is 169 Å². The molecular formula is C109H85N5O8. The summed E-state index contributed by atoms with van der Waals surface area (Å²) in [7, 11) is 0. The van der Waals surface area contributed by atoms with Gasteiger partial charge >= 0.3 is 11.9 Å². The Morgan fingerprint density at radius 2 is 0.705 bits per heavy atom. The minimum Gasteiger partial charge on any atom is -0.490 e. The molecular weight excluding hydrogens is 1510 g/mol. The molecule has 21 aromatic rings. The molecule has 0 saturated carbocycles. The van der Waals surface area contributed by atoms with Crippen molar-refractivity contribution < 1.29 is 37.1 Å². The van der Waals surface area contributed by atoms with E-state index in [0.717, 1.165) is 144 Å². The van der Waals surface area contributed by atoms with E-state index < -0.39 is 11.9 Å². The normalized spacial score (nSPS) is 11.2. The number of nitrogens with zero attached hydrogens (tertiary/aromatic N) is 5. The fourth-order valence-electron chi connectivity index (χ4n) is 15.9. The summed E-state index contributed by atoms with van der Waals surface area (Å²) in [6.45, 7) is 27.2. The SMILES string of the molecule is C.C=C(C)C(=O)Oc1ccc(-c2nc3c4ccc(C)cc4c4cc(C)ccc4c3o2)cc1.C=CC(=O)OCCOc1ccc(-n2c(-c3ccc(C)cc3)nc3c4ccccc4c4ccccc4c32)cc1.C=Cc1ccc(-c2nc3c4ccc(C)cc4c4cc(C)ccc4c3o2)cc1.C=Cc1ccc(-c2nc3c4ccccc4c4ccccc4c3o2)cc1. The molecule has 4 heterocycles. The summed E-state index contributed by atoms with van der Waals surface area (Å²) in [5.74, 6) is 2.95. The van der Waals surface area contributed by atoms with Crippen molar-refractivity contribution in [3.63, 3.8) is 0 Å². The van der Waals surface area contributed by atoms with E-state index in [1.54, 1.807) is 19.1 Å². The molecule has 0 aliphatic heterocycles.